The van der Waals surface area contributed by atoms with E-state index in [2.05, 4.69) is 46.8 Å². The quantitative estimate of drug-likeness (QED) is 0.0915. The fraction of sp³-hybridized carbons (Fsp3) is 0.963. The summed E-state index contributed by atoms with van der Waals surface area (Å²) in [5.41, 5.74) is -1.37. The zero-order valence-corrected chi connectivity index (χ0v) is 44.7. The second-order valence-corrected chi connectivity index (χ2v) is 26.5. The first-order valence-electron chi connectivity index (χ1n) is 27.7. The molecule has 21 heteroatoms. The number of hydrogen-bond donors (Lipinski definition) is 12. The van der Waals surface area contributed by atoms with Crippen molar-refractivity contribution >= 4 is 0 Å². The lowest BCUT2D eigenvalue weighted by atomic mass is 9.32. The average molecular weight is 1070 g/mol. The molecule has 21 nitrogen and oxygen atoms in total. The minimum absolute atomic E-state index is 0.0621. The van der Waals surface area contributed by atoms with Gasteiger partial charge in [0.2, 0.25) is 0 Å². The zero-order valence-electron chi connectivity index (χ0n) is 44.7. The molecule has 75 heavy (non-hydrogen) atoms. The van der Waals surface area contributed by atoms with Crippen molar-refractivity contribution in [2.45, 2.75) is 248 Å². The Balaban J connectivity index is 0.932. The van der Waals surface area contributed by atoms with Gasteiger partial charge in [-0.25, -0.2) is 0 Å². The summed E-state index contributed by atoms with van der Waals surface area (Å²) in [5.74, 6) is 0.524. The number of rotatable bonds is 11. The maximum Gasteiger partial charge on any atom is 0.187 e. The number of hydrogen-bond acceptors (Lipinski definition) is 21. The predicted octanol–water partition coefficient (Wildman–Crippen LogP) is -0.518. The largest absolute Gasteiger partial charge is 0.396 e. The van der Waals surface area contributed by atoms with Crippen LogP contribution in [0.15, 0.2) is 12.2 Å². The SMILES string of the molecule is C[C@@H]1O[C@@H](O[C@H]2[C@H](O)[C@@H](O)[C@H](O[C@H]3[C@@H](O)[C@@H](C)O[C@@H](O[C@H]4CC[C@@]5(C)[C@@H](CC[C@]6(C)[C@@H]5C=C[C@]57OC[C@@]8(CCC(C)(C)C[C@H]85)CC[C@]76C)[C@]4(C)CO)[C@@H]3O[C@@H]3O[C@H](CO)[C@@H](O)[C@H](O)[C@H]3O)O[C@@H]2CO)[C@H](O)[C@H](O)[C@H]1O. The van der Waals surface area contributed by atoms with Crippen LogP contribution < -0.4 is 0 Å². The molecule has 12 N–H and O–H groups in total. The van der Waals surface area contributed by atoms with E-state index in [1.54, 1.807) is 6.92 Å². The molecule has 0 amide bonds. The summed E-state index contributed by atoms with van der Waals surface area (Å²) in [5, 5.41) is 132. The highest BCUT2D eigenvalue weighted by molar-refractivity contribution is 5.35. The number of aliphatic hydroxyl groups is 12. The summed E-state index contributed by atoms with van der Waals surface area (Å²) in [6, 6.07) is 0. The third-order valence-electron chi connectivity index (χ3n) is 22.1. The smallest absolute Gasteiger partial charge is 0.187 e. The van der Waals surface area contributed by atoms with E-state index in [1.165, 1.54) is 19.8 Å². The predicted molar refractivity (Wildman–Crippen MR) is 259 cm³/mol. The minimum atomic E-state index is -1.99. The number of fused-ring (bicyclic) bond motifs is 4. The van der Waals surface area contributed by atoms with Gasteiger partial charge in [0.15, 0.2) is 25.2 Å². The Hall–Kier alpha value is -1.10. The molecule has 10 rings (SSSR count). The lowest BCUT2D eigenvalue weighted by molar-refractivity contribution is -0.403. The standard InChI is InChI=1S/C54H88O21/c1-24-32(58)35(61)38(64)44(68-24)73-41-27(21-56)71-46(40(66)37(41)63)74-42-33(59)25(2)69-47(43(42)75-45-39(65)36(62)34(60)26(20-55)70-45)72-31-11-12-49(5)28(50(31,6)22-57)9-13-51(7)29(49)10-14-54-30-19-48(3,4)15-17-53(30,23-67-54)18-16-52(51,54)8/h10,14,24-47,55-66H,9,11-13,15-23H2,1-8H3/t24-,25+,26+,27+,28+,29+,30+,31-,32-,33-,34+,35+,36-,37+,38+,39+,40+,41+,42-,43+,44-,45-,46-,47-,49-,50-,51+,52-,53+,54-/m0/s1. The first kappa shape index (κ1) is 57.1. The average Bonchev–Trinajstić information content (AvgIpc) is 3.63. The zero-order chi connectivity index (χ0) is 54.3. The molecule has 30 atom stereocenters. The van der Waals surface area contributed by atoms with Gasteiger partial charge in [0.1, 0.15) is 85.5 Å². The normalized spacial score (nSPS) is 58.3. The van der Waals surface area contributed by atoms with Crippen molar-refractivity contribution in [3.05, 3.63) is 12.2 Å². The summed E-state index contributed by atoms with van der Waals surface area (Å²) in [4.78, 5) is 0. The Bertz CT molecular complexity index is 2070. The highest BCUT2D eigenvalue weighted by atomic mass is 16.8. The van der Waals surface area contributed by atoms with Crippen molar-refractivity contribution in [3.8, 4) is 0 Å². The number of allylic oxidation sites excluding steroid dienone is 1. The van der Waals surface area contributed by atoms with Crippen molar-refractivity contribution in [2.75, 3.05) is 26.4 Å². The van der Waals surface area contributed by atoms with Crippen LogP contribution in [0, 0.1) is 50.2 Å². The molecule has 0 aromatic heterocycles. The van der Waals surface area contributed by atoms with Crippen molar-refractivity contribution in [1.29, 1.82) is 0 Å². The molecule has 5 aliphatic carbocycles. The summed E-state index contributed by atoms with van der Waals surface area (Å²) < 4.78 is 56.6. The molecule has 430 valence electrons. The molecular formula is C54H88O21. The van der Waals surface area contributed by atoms with Gasteiger partial charge in [-0.2, -0.15) is 0 Å². The molecule has 2 bridgehead atoms. The van der Waals surface area contributed by atoms with Gasteiger partial charge in [-0.1, -0.05) is 53.7 Å². The molecule has 5 aliphatic heterocycles. The Morgan fingerprint density at radius 3 is 1.76 bits per heavy atom. The van der Waals surface area contributed by atoms with Gasteiger partial charge in [0, 0.05) is 16.7 Å². The van der Waals surface area contributed by atoms with Crippen LogP contribution in [0.25, 0.3) is 0 Å². The first-order chi connectivity index (χ1) is 35.2. The fourth-order valence-corrected chi connectivity index (χ4v) is 17.1. The van der Waals surface area contributed by atoms with Gasteiger partial charge in [0.05, 0.1) is 50.3 Å². The van der Waals surface area contributed by atoms with Crippen LogP contribution in [0.5, 0.6) is 0 Å². The molecule has 10 aliphatic rings. The van der Waals surface area contributed by atoms with Gasteiger partial charge in [-0.15, -0.1) is 0 Å². The molecular weight excluding hydrogens is 985 g/mol. The highest BCUT2D eigenvalue weighted by Gasteiger charge is 2.77. The second-order valence-electron chi connectivity index (χ2n) is 26.5. The molecule has 0 unspecified atom stereocenters. The van der Waals surface area contributed by atoms with E-state index in [9.17, 15) is 61.3 Å². The molecule has 0 radical (unpaired) electrons. The summed E-state index contributed by atoms with van der Waals surface area (Å²) in [6.45, 7) is 16.1. The molecule has 0 aromatic carbocycles. The van der Waals surface area contributed by atoms with Crippen LogP contribution >= 0.6 is 0 Å². The van der Waals surface area contributed by atoms with Crippen molar-refractivity contribution in [2.24, 2.45) is 50.2 Å². The van der Waals surface area contributed by atoms with Crippen LogP contribution in [0.4, 0.5) is 0 Å². The molecule has 1 spiro atoms. The number of aliphatic hydroxyl groups excluding tert-OH is 12. The molecule has 4 saturated carbocycles. The number of ether oxygens (including phenoxy) is 9. The molecule has 5 heterocycles. The molecule has 0 aromatic rings. The van der Waals surface area contributed by atoms with Gasteiger partial charge >= 0.3 is 0 Å². The van der Waals surface area contributed by atoms with Crippen molar-refractivity contribution in [1.82, 2.24) is 0 Å². The van der Waals surface area contributed by atoms with Crippen LogP contribution in [-0.2, 0) is 42.6 Å². The third-order valence-corrected chi connectivity index (χ3v) is 22.1. The van der Waals surface area contributed by atoms with E-state index in [0.29, 0.717) is 18.8 Å². The first-order valence-corrected chi connectivity index (χ1v) is 27.7. The van der Waals surface area contributed by atoms with E-state index in [1.807, 2.05) is 6.92 Å². The van der Waals surface area contributed by atoms with Gasteiger partial charge < -0.3 is 104 Å². The van der Waals surface area contributed by atoms with E-state index in [0.717, 1.165) is 38.7 Å². The summed E-state index contributed by atoms with van der Waals surface area (Å²) in [7, 11) is 0. The maximum atomic E-state index is 12.0. The van der Waals surface area contributed by atoms with E-state index < -0.39 is 148 Å². The Morgan fingerprint density at radius 2 is 1.09 bits per heavy atom. The monoisotopic (exact) mass is 1070 g/mol. The summed E-state index contributed by atoms with van der Waals surface area (Å²) >= 11 is 0. The lowest BCUT2D eigenvalue weighted by Gasteiger charge is -2.73. The van der Waals surface area contributed by atoms with Crippen molar-refractivity contribution in [3.63, 3.8) is 0 Å². The van der Waals surface area contributed by atoms with Gasteiger partial charge in [-0.3, -0.25) is 0 Å². The van der Waals surface area contributed by atoms with Crippen LogP contribution in [0.1, 0.15) is 113 Å². The van der Waals surface area contributed by atoms with E-state index >= 15 is 0 Å². The van der Waals surface area contributed by atoms with E-state index in [4.69, 9.17) is 42.6 Å². The Labute approximate surface area is 439 Å². The minimum Gasteiger partial charge on any atom is -0.396 e. The molecule has 9 fully saturated rings. The lowest BCUT2D eigenvalue weighted by Crippen LogP contribution is -2.71. The molecule has 5 saturated heterocycles. The van der Waals surface area contributed by atoms with E-state index in [-0.39, 0.29) is 51.1 Å². The fourth-order valence-electron chi connectivity index (χ4n) is 17.1. The Morgan fingerprint density at radius 1 is 0.520 bits per heavy atom. The topological polar surface area (TPSA) is 326 Å². The van der Waals surface area contributed by atoms with Crippen LogP contribution in [0.2, 0.25) is 0 Å². The van der Waals surface area contributed by atoms with Crippen molar-refractivity contribution < 1.29 is 104 Å². The Kier molecular flexibility index (Phi) is 15.3. The third kappa shape index (κ3) is 8.64. The summed E-state index contributed by atoms with van der Waals surface area (Å²) in [6.07, 6.45) is -19.8. The maximum absolute atomic E-state index is 12.0. The second kappa shape index (κ2) is 20.1. The van der Waals surface area contributed by atoms with Gasteiger partial charge in [0.25, 0.3) is 0 Å². The van der Waals surface area contributed by atoms with Gasteiger partial charge in [-0.05, 0) is 105 Å². The van der Waals surface area contributed by atoms with Crippen LogP contribution in [-0.4, -0.2) is 222 Å². The van der Waals surface area contributed by atoms with Crippen LogP contribution in [0.3, 0.4) is 0 Å². The highest BCUT2D eigenvalue weighted by Crippen LogP contribution is 2.79.